The van der Waals surface area contributed by atoms with Gasteiger partial charge in [0.1, 0.15) is 0 Å². The molecule has 0 N–H and O–H groups in total. The van der Waals surface area contributed by atoms with Gasteiger partial charge in [0, 0.05) is 68.4 Å². The molecule has 0 bridgehead atoms. The Labute approximate surface area is 241 Å². The van der Waals surface area contributed by atoms with Crippen LogP contribution in [0, 0.1) is 0 Å². The lowest BCUT2D eigenvalue weighted by atomic mass is 10.0. The number of benzene rings is 2. The van der Waals surface area contributed by atoms with E-state index in [0.717, 1.165) is 48.4 Å². The van der Waals surface area contributed by atoms with Gasteiger partial charge in [0.2, 0.25) is 5.91 Å². The lowest BCUT2D eigenvalue weighted by Crippen LogP contribution is -2.54. The highest BCUT2D eigenvalue weighted by atomic mass is 16.5. The summed E-state index contributed by atoms with van der Waals surface area (Å²) < 4.78 is 4.93. The fourth-order valence-corrected chi connectivity index (χ4v) is 5.72. The van der Waals surface area contributed by atoms with Crippen molar-refractivity contribution < 1.29 is 19.1 Å². The molecule has 2 aliphatic heterocycles. The maximum atomic E-state index is 13.7. The summed E-state index contributed by atoms with van der Waals surface area (Å²) in [5.74, 6) is -0.264. The van der Waals surface area contributed by atoms with Crippen LogP contribution in [0.4, 0.5) is 0 Å². The van der Waals surface area contributed by atoms with Gasteiger partial charge < -0.3 is 14.5 Å². The van der Waals surface area contributed by atoms with Gasteiger partial charge in [0.05, 0.1) is 24.4 Å². The highest BCUT2D eigenvalue weighted by Crippen LogP contribution is 2.26. The van der Waals surface area contributed by atoms with E-state index in [2.05, 4.69) is 4.90 Å². The second-order valence-electron chi connectivity index (χ2n) is 10.6. The van der Waals surface area contributed by atoms with Crippen molar-refractivity contribution in [2.75, 3.05) is 45.9 Å². The zero-order chi connectivity index (χ0) is 28.6. The standard InChI is InChI=1S/C33H38N4O4/c1-2-41-32(39)14-13-31(38)36-17-15-28(16-18-36)35-19-21-37(22-20-35)33(40)27-23-29(25-9-5-3-6-10-25)34-30(24-27)26-11-7-4-8-12-26/h3-12,23-24,28H,2,13-22H2,1H3. The predicted molar refractivity (Wildman–Crippen MR) is 158 cm³/mol. The molecule has 0 radical (unpaired) electrons. The Kier molecular flexibility index (Phi) is 9.41. The summed E-state index contributed by atoms with van der Waals surface area (Å²) in [4.78, 5) is 49.0. The summed E-state index contributed by atoms with van der Waals surface area (Å²) >= 11 is 0. The first kappa shape index (κ1) is 28.5. The SMILES string of the molecule is CCOC(=O)CCC(=O)N1CCC(N2CCN(C(=O)c3cc(-c4ccccc4)nc(-c4ccccc4)c3)CC2)CC1. The molecule has 2 fully saturated rings. The Bertz CT molecular complexity index is 1270. The fraction of sp³-hybridized carbons (Fsp3) is 0.394. The number of carbonyl (C=O) groups is 3. The van der Waals surface area contributed by atoms with Crippen LogP contribution in [0.1, 0.15) is 43.0 Å². The van der Waals surface area contributed by atoms with E-state index in [0.29, 0.717) is 44.4 Å². The monoisotopic (exact) mass is 554 g/mol. The van der Waals surface area contributed by atoms with Crippen LogP contribution in [-0.2, 0) is 14.3 Å². The Balaban J connectivity index is 1.19. The molecule has 1 aromatic heterocycles. The number of carbonyl (C=O) groups excluding carboxylic acids is 3. The number of hydrogen-bond acceptors (Lipinski definition) is 6. The van der Waals surface area contributed by atoms with Gasteiger partial charge >= 0.3 is 5.97 Å². The molecule has 0 unspecified atom stereocenters. The molecule has 2 aromatic carbocycles. The third-order valence-electron chi connectivity index (χ3n) is 7.99. The van der Waals surface area contributed by atoms with Crippen molar-refractivity contribution in [2.24, 2.45) is 0 Å². The van der Waals surface area contributed by atoms with Crippen LogP contribution in [0.15, 0.2) is 72.8 Å². The Morgan fingerprint density at radius 3 is 1.85 bits per heavy atom. The van der Waals surface area contributed by atoms with E-state index in [-0.39, 0.29) is 30.6 Å². The van der Waals surface area contributed by atoms with Gasteiger partial charge in [-0.3, -0.25) is 19.3 Å². The minimum absolute atomic E-state index is 0.0222. The average molecular weight is 555 g/mol. The Morgan fingerprint density at radius 1 is 0.756 bits per heavy atom. The molecule has 0 atom stereocenters. The molecule has 2 saturated heterocycles. The van der Waals surface area contributed by atoms with Gasteiger partial charge in [-0.2, -0.15) is 0 Å². The molecule has 8 heteroatoms. The number of pyridine rings is 1. The number of ether oxygens (including phenoxy) is 1. The molecular formula is C33H38N4O4. The van der Waals surface area contributed by atoms with Crippen molar-refractivity contribution in [1.82, 2.24) is 19.7 Å². The lowest BCUT2D eigenvalue weighted by Gasteiger charge is -2.42. The van der Waals surface area contributed by atoms with Crippen LogP contribution >= 0.6 is 0 Å². The van der Waals surface area contributed by atoms with Crippen LogP contribution in [-0.4, -0.2) is 89.4 Å². The fourth-order valence-electron chi connectivity index (χ4n) is 5.72. The molecule has 2 amide bonds. The number of esters is 1. The maximum absolute atomic E-state index is 13.7. The van der Waals surface area contributed by atoms with Crippen LogP contribution < -0.4 is 0 Å². The third kappa shape index (κ3) is 7.19. The van der Waals surface area contributed by atoms with Crippen molar-refractivity contribution in [3.05, 3.63) is 78.4 Å². The van der Waals surface area contributed by atoms with E-state index < -0.39 is 0 Å². The molecule has 3 aromatic rings. The zero-order valence-electron chi connectivity index (χ0n) is 23.7. The zero-order valence-corrected chi connectivity index (χ0v) is 23.7. The number of rotatable bonds is 8. The maximum Gasteiger partial charge on any atom is 0.306 e. The number of piperazine rings is 1. The normalized spacial score (nSPS) is 16.4. The molecular weight excluding hydrogens is 516 g/mol. The van der Waals surface area contributed by atoms with E-state index in [1.54, 1.807) is 6.92 Å². The summed E-state index contributed by atoms with van der Waals surface area (Å²) in [5, 5.41) is 0. The smallest absolute Gasteiger partial charge is 0.306 e. The van der Waals surface area contributed by atoms with Crippen LogP contribution in [0.2, 0.25) is 0 Å². The van der Waals surface area contributed by atoms with E-state index >= 15 is 0 Å². The van der Waals surface area contributed by atoms with E-state index in [1.807, 2.05) is 82.6 Å². The summed E-state index contributed by atoms with van der Waals surface area (Å²) in [6.07, 6.45) is 2.16. The average Bonchev–Trinajstić information content (AvgIpc) is 3.04. The number of nitrogens with zero attached hydrogens (tertiary/aromatic N) is 4. The number of hydrogen-bond donors (Lipinski definition) is 0. The quantitative estimate of drug-likeness (QED) is 0.381. The van der Waals surface area contributed by atoms with Crippen molar-refractivity contribution in [1.29, 1.82) is 0 Å². The van der Waals surface area contributed by atoms with E-state index in [4.69, 9.17) is 9.72 Å². The van der Waals surface area contributed by atoms with Gasteiger partial charge in [-0.05, 0) is 31.9 Å². The number of likely N-dealkylation sites (tertiary alicyclic amines) is 1. The first-order valence-electron chi connectivity index (χ1n) is 14.6. The Hall–Kier alpha value is -4.04. The minimum atomic E-state index is -0.317. The second kappa shape index (κ2) is 13.5. The molecule has 41 heavy (non-hydrogen) atoms. The van der Waals surface area contributed by atoms with Gasteiger partial charge in [-0.1, -0.05) is 60.7 Å². The molecule has 2 aliphatic rings. The molecule has 0 spiro atoms. The summed E-state index contributed by atoms with van der Waals surface area (Å²) in [6.45, 7) is 6.47. The Morgan fingerprint density at radius 2 is 1.32 bits per heavy atom. The van der Waals surface area contributed by atoms with Crippen molar-refractivity contribution in [2.45, 2.75) is 38.6 Å². The molecule has 5 rings (SSSR count). The first-order chi connectivity index (χ1) is 20.0. The van der Waals surface area contributed by atoms with E-state index in [1.165, 1.54) is 0 Å². The topological polar surface area (TPSA) is 83.1 Å². The summed E-state index contributed by atoms with van der Waals surface area (Å²) in [5.41, 5.74) is 4.19. The van der Waals surface area contributed by atoms with Gasteiger partial charge in [0.25, 0.3) is 5.91 Å². The third-order valence-corrected chi connectivity index (χ3v) is 7.99. The molecule has 0 aliphatic carbocycles. The highest BCUT2D eigenvalue weighted by molar-refractivity contribution is 5.96. The molecule has 214 valence electrons. The molecule has 3 heterocycles. The first-order valence-corrected chi connectivity index (χ1v) is 14.6. The largest absolute Gasteiger partial charge is 0.466 e. The van der Waals surface area contributed by atoms with Crippen molar-refractivity contribution >= 4 is 17.8 Å². The second-order valence-corrected chi connectivity index (χ2v) is 10.6. The number of piperidine rings is 1. The molecule has 8 nitrogen and oxygen atoms in total. The van der Waals surface area contributed by atoms with Crippen LogP contribution in [0.5, 0.6) is 0 Å². The van der Waals surface area contributed by atoms with Gasteiger partial charge in [0.15, 0.2) is 0 Å². The van der Waals surface area contributed by atoms with Crippen molar-refractivity contribution in [3.63, 3.8) is 0 Å². The number of amides is 2. The van der Waals surface area contributed by atoms with Crippen LogP contribution in [0.25, 0.3) is 22.5 Å². The number of aromatic nitrogens is 1. The predicted octanol–water partition coefficient (Wildman–Crippen LogP) is 4.51. The van der Waals surface area contributed by atoms with Gasteiger partial charge in [-0.25, -0.2) is 4.98 Å². The van der Waals surface area contributed by atoms with Crippen molar-refractivity contribution in [3.8, 4) is 22.5 Å². The summed E-state index contributed by atoms with van der Waals surface area (Å²) in [6, 6.07) is 24.2. The minimum Gasteiger partial charge on any atom is -0.466 e. The summed E-state index contributed by atoms with van der Waals surface area (Å²) in [7, 11) is 0. The molecule has 0 saturated carbocycles. The van der Waals surface area contributed by atoms with Gasteiger partial charge in [-0.15, -0.1) is 0 Å². The van der Waals surface area contributed by atoms with Crippen LogP contribution in [0.3, 0.4) is 0 Å². The lowest BCUT2D eigenvalue weighted by molar-refractivity contribution is -0.146. The highest BCUT2D eigenvalue weighted by Gasteiger charge is 2.31. The van der Waals surface area contributed by atoms with E-state index in [9.17, 15) is 14.4 Å².